The summed E-state index contributed by atoms with van der Waals surface area (Å²) in [7, 11) is -3.66. The summed E-state index contributed by atoms with van der Waals surface area (Å²) in [6.45, 7) is 0.996. The molecule has 1 amide bonds. The lowest BCUT2D eigenvalue weighted by Crippen LogP contribution is -2.50. The van der Waals surface area contributed by atoms with E-state index in [9.17, 15) is 13.2 Å². The number of hydrogen-bond donors (Lipinski definition) is 0. The van der Waals surface area contributed by atoms with Crippen LogP contribution in [0.15, 0.2) is 53.1 Å². The first kappa shape index (κ1) is 22.5. The van der Waals surface area contributed by atoms with Gasteiger partial charge in [0.1, 0.15) is 4.21 Å². The van der Waals surface area contributed by atoms with Crippen LogP contribution >= 0.6 is 22.9 Å². The fraction of sp³-hybridized carbons (Fsp3) is 0.250. The molecule has 6 rings (SSSR count). The molecule has 0 unspecified atom stereocenters. The van der Waals surface area contributed by atoms with Gasteiger partial charge in [0.05, 0.1) is 5.69 Å². The molecule has 0 radical (unpaired) electrons. The van der Waals surface area contributed by atoms with Gasteiger partial charge in [-0.2, -0.15) is 4.31 Å². The molecule has 178 valence electrons. The molecule has 2 aliphatic rings. The van der Waals surface area contributed by atoms with Crippen molar-refractivity contribution in [3.05, 3.63) is 71.0 Å². The van der Waals surface area contributed by atoms with Gasteiger partial charge in [0.15, 0.2) is 0 Å². The molecule has 1 aliphatic heterocycles. The highest BCUT2D eigenvalue weighted by Gasteiger charge is 2.32. The Balaban J connectivity index is 1.17. The van der Waals surface area contributed by atoms with E-state index in [4.69, 9.17) is 11.6 Å². The average molecular weight is 526 g/mol. The second-order valence-corrected chi connectivity index (χ2v) is 12.2. The molecule has 4 heterocycles. The number of carbonyl (C=O) groups excluding carboxylic acids is 1. The third-order valence-corrected chi connectivity index (χ3v) is 10.1. The third-order valence-electron chi connectivity index (χ3n) is 6.46. The van der Waals surface area contributed by atoms with Crippen molar-refractivity contribution in [2.45, 2.75) is 17.1 Å². The van der Waals surface area contributed by atoms with Gasteiger partial charge in [-0.3, -0.25) is 9.78 Å². The van der Waals surface area contributed by atoms with E-state index in [1.807, 2.05) is 18.3 Å². The van der Waals surface area contributed by atoms with Crippen LogP contribution in [0.2, 0.25) is 5.02 Å². The number of hydrogen-bond acceptors (Lipinski definition) is 7. The van der Waals surface area contributed by atoms with Crippen molar-refractivity contribution < 1.29 is 13.2 Å². The zero-order chi connectivity index (χ0) is 24.2. The summed E-state index contributed by atoms with van der Waals surface area (Å²) in [4.78, 5) is 27.8. The van der Waals surface area contributed by atoms with Crippen LogP contribution in [-0.4, -0.2) is 64.7 Å². The van der Waals surface area contributed by atoms with Gasteiger partial charge >= 0.3 is 0 Å². The van der Waals surface area contributed by atoms with Gasteiger partial charge in [0, 0.05) is 60.1 Å². The molecule has 1 fully saturated rings. The van der Waals surface area contributed by atoms with Gasteiger partial charge in [-0.05, 0) is 53.6 Å². The summed E-state index contributed by atoms with van der Waals surface area (Å²) in [6, 6.07) is 8.96. The molecule has 1 aromatic carbocycles. The number of thiophene rings is 1. The quantitative estimate of drug-likeness (QED) is 0.405. The second kappa shape index (κ2) is 8.63. The monoisotopic (exact) mass is 525 g/mol. The van der Waals surface area contributed by atoms with E-state index in [1.165, 1.54) is 15.6 Å². The fourth-order valence-corrected chi connectivity index (χ4v) is 7.84. The Morgan fingerprint density at radius 3 is 2.66 bits per heavy atom. The van der Waals surface area contributed by atoms with Gasteiger partial charge in [0.2, 0.25) is 5.82 Å². The number of benzene rings is 1. The molecule has 3 aromatic heterocycles. The van der Waals surface area contributed by atoms with E-state index in [2.05, 4.69) is 15.0 Å². The molecule has 4 aromatic rings. The summed E-state index contributed by atoms with van der Waals surface area (Å²) in [5, 5.41) is 1.41. The number of sulfonamides is 1. The lowest BCUT2D eigenvalue weighted by molar-refractivity contribution is 0.0685. The third kappa shape index (κ3) is 4.00. The SMILES string of the molecule is O=C(c1ncc2c(n1)CCc1cnccc1-2)N1CCN(S(=O)(=O)c2cc3ccc(Cl)cc3s2)CC1. The van der Waals surface area contributed by atoms with Crippen LogP contribution in [0.3, 0.4) is 0 Å². The second-order valence-electron chi connectivity index (χ2n) is 8.53. The number of piperazine rings is 1. The van der Waals surface area contributed by atoms with Gasteiger partial charge in [0.25, 0.3) is 15.9 Å². The molecule has 35 heavy (non-hydrogen) atoms. The number of carbonyl (C=O) groups is 1. The van der Waals surface area contributed by atoms with Crippen LogP contribution in [0.25, 0.3) is 21.2 Å². The molecular formula is C24H20ClN5O3S2. The minimum Gasteiger partial charge on any atom is -0.333 e. The maximum absolute atomic E-state index is 13.2. The van der Waals surface area contributed by atoms with E-state index >= 15 is 0 Å². The Labute approximate surface area is 211 Å². The largest absolute Gasteiger partial charge is 0.333 e. The summed E-state index contributed by atoms with van der Waals surface area (Å²) >= 11 is 7.25. The summed E-state index contributed by atoms with van der Waals surface area (Å²) in [5.74, 6) is -0.124. The lowest BCUT2D eigenvalue weighted by atomic mass is 9.91. The number of pyridine rings is 1. The van der Waals surface area contributed by atoms with E-state index in [0.717, 1.165) is 45.3 Å². The Morgan fingerprint density at radius 1 is 1.00 bits per heavy atom. The smallest absolute Gasteiger partial charge is 0.291 e. The molecule has 0 N–H and O–H groups in total. The van der Waals surface area contributed by atoms with E-state index < -0.39 is 10.0 Å². The number of aromatic nitrogens is 3. The first-order chi connectivity index (χ1) is 16.9. The van der Waals surface area contributed by atoms with Crippen LogP contribution in [0.5, 0.6) is 0 Å². The standard InChI is InChI=1S/C24H20ClN5O3S2/c25-17-3-1-15-11-22(34-21(15)12-17)35(32,33)30-9-7-29(8-10-30)24(31)23-27-14-19-18-5-6-26-13-16(18)2-4-20(19)28-23/h1,3,5-6,11-14H,2,4,7-10H2. The van der Waals surface area contributed by atoms with Crippen molar-refractivity contribution in [2.24, 2.45) is 0 Å². The molecule has 0 atom stereocenters. The first-order valence-corrected chi connectivity index (χ1v) is 13.8. The van der Waals surface area contributed by atoms with Crippen molar-refractivity contribution in [3.8, 4) is 11.1 Å². The number of halogens is 1. The maximum Gasteiger partial charge on any atom is 0.291 e. The van der Waals surface area contributed by atoms with E-state index in [1.54, 1.807) is 35.5 Å². The molecule has 0 spiro atoms. The Kier molecular flexibility index (Phi) is 5.56. The number of amides is 1. The zero-order valence-corrected chi connectivity index (χ0v) is 20.9. The van der Waals surface area contributed by atoms with E-state index in [0.29, 0.717) is 5.02 Å². The maximum atomic E-state index is 13.2. The van der Waals surface area contributed by atoms with Crippen LogP contribution in [0.1, 0.15) is 21.9 Å². The van der Waals surface area contributed by atoms with E-state index in [-0.39, 0.29) is 42.1 Å². The first-order valence-electron chi connectivity index (χ1n) is 11.2. The molecule has 11 heteroatoms. The van der Waals surface area contributed by atoms with Crippen LogP contribution in [0.4, 0.5) is 0 Å². The molecule has 0 saturated carbocycles. The molecule has 1 aliphatic carbocycles. The molecule has 8 nitrogen and oxygen atoms in total. The van der Waals surface area contributed by atoms with Crippen LogP contribution < -0.4 is 0 Å². The van der Waals surface area contributed by atoms with Crippen molar-refractivity contribution in [2.75, 3.05) is 26.2 Å². The van der Waals surface area contributed by atoms with Crippen LogP contribution in [-0.2, 0) is 22.9 Å². The lowest BCUT2D eigenvalue weighted by Gasteiger charge is -2.33. The summed E-state index contributed by atoms with van der Waals surface area (Å²) in [5.41, 5.74) is 4.00. The fourth-order valence-electron chi connectivity index (χ4n) is 4.59. The number of fused-ring (bicyclic) bond motifs is 4. The number of nitrogens with zero attached hydrogens (tertiary/aromatic N) is 5. The zero-order valence-electron chi connectivity index (χ0n) is 18.5. The van der Waals surface area contributed by atoms with Gasteiger partial charge < -0.3 is 4.90 Å². The van der Waals surface area contributed by atoms with Crippen molar-refractivity contribution in [3.63, 3.8) is 0 Å². The van der Waals surface area contributed by atoms with Crippen LogP contribution in [0, 0.1) is 0 Å². The highest BCUT2D eigenvalue weighted by Crippen LogP contribution is 2.33. The molecule has 1 saturated heterocycles. The summed E-state index contributed by atoms with van der Waals surface area (Å²) < 4.78 is 29.0. The average Bonchev–Trinajstić information content (AvgIpc) is 3.32. The van der Waals surface area contributed by atoms with Gasteiger partial charge in [-0.1, -0.05) is 17.7 Å². The molecule has 0 bridgehead atoms. The van der Waals surface area contributed by atoms with Crippen molar-refractivity contribution in [1.82, 2.24) is 24.2 Å². The summed E-state index contributed by atoms with van der Waals surface area (Å²) in [6.07, 6.45) is 6.86. The topological polar surface area (TPSA) is 96.4 Å². The highest BCUT2D eigenvalue weighted by atomic mass is 35.5. The van der Waals surface area contributed by atoms with Gasteiger partial charge in [-0.25, -0.2) is 18.4 Å². The normalized spacial score (nSPS) is 16.2. The minimum atomic E-state index is -3.66. The Hall–Kier alpha value is -2.92. The Morgan fingerprint density at radius 2 is 1.83 bits per heavy atom. The predicted molar refractivity (Wildman–Crippen MR) is 134 cm³/mol. The molecular weight excluding hydrogens is 506 g/mol. The van der Waals surface area contributed by atoms with Crippen molar-refractivity contribution in [1.29, 1.82) is 0 Å². The predicted octanol–water partition coefficient (Wildman–Crippen LogP) is 3.65. The van der Waals surface area contributed by atoms with Gasteiger partial charge in [-0.15, -0.1) is 11.3 Å². The number of aryl methyl sites for hydroxylation is 2. The number of rotatable bonds is 3. The highest BCUT2D eigenvalue weighted by molar-refractivity contribution is 7.91. The van der Waals surface area contributed by atoms with Crippen molar-refractivity contribution >= 4 is 49.0 Å². The minimum absolute atomic E-state index is 0.152. The Bertz CT molecular complexity index is 1580.